The monoisotopic (exact) mass is 285 g/mol. The van der Waals surface area contributed by atoms with Crippen molar-refractivity contribution < 1.29 is 4.74 Å². The van der Waals surface area contributed by atoms with Gasteiger partial charge in [0.05, 0.1) is 10.2 Å². The molecule has 4 nitrogen and oxygen atoms in total. The standard InChI is InChI=1S/C11H16BrN3O/c1-3-16-6(2)11-14-9(7-4-5-7)8(12)10(13)15-11/h6-7H,3-5H2,1-2H3,(H2,13,14,15). The predicted molar refractivity (Wildman–Crippen MR) is 66.2 cm³/mol. The molecule has 1 aliphatic rings. The first kappa shape index (κ1) is 11.8. The van der Waals surface area contributed by atoms with Crippen molar-refractivity contribution in [3.05, 3.63) is 16.0 Å². The maximum atomic E-state index is 5.87. The first-order valence-electron chi connectivity index (χ1n) is 5.57. The van der Waals surface area contributed by atoms with E-state index in [4.69, 9.17) is 10.5 Å². The third-order valence-corrected chi connectivity index (χ3v) is 3.48. The van der Waals surface area contributed by atoms with Crippen LogP contribution < -0.4 is 5.73 Å². The van der Waals surface area contributed by atoms with E-state index in [1.54, 1.807) is 0 Å². The van der Waals surface area contributed by atoms with Gasteiger partial charge >= 0.3 is 0 Å². The molecule has 2 N–H and O–H groups in total. The van der Waals surface area contributed by atoms with Crippen molar-refractivity contribution in [1.29, 1.82) is 0 Å². The van der Waals surface area contributed by atoms with Crippen molar-refractivity contribution in [3.8, 4) is 0 Å². The fourth-order valence-corrected chi connectivity index (χ4v) is 2.14. The lowest BCUT2D eigenvalue weighted by Crippen LogP contribution is -2.10. The quantitative estimate of drug-likeness (QED) is 0.924. The second-order valence-electron chi connectivity index (χ2n) is 4.04. The molecular formula is C11H16BrN3O. The second kappa shape index (κ2) is 4.67. The summed E-state index contributed by atoms with van der Waals surface area (Å²) < 4.78 is 6.33. The smallest absolute Gasteiger partial charge is 0.159 e. The zero-order chi connectivity index (χ0) is 11.7. The number of hydrogen-bond donors (Lipinski definition) is 1. The molecule has 2 rings (SSSR count). The summed E-state index contributed by atoms with van der Waals surface area (Å²) in [4.78, 5) is 8.81. The van der Waals surface area contributed by atoms with Crippen LogP contribution in [0.3, 0.4) is 0 Å². The molecule has 1 heterocycles. The minimum absolute atomic E-state index is 0.0992. The average Bonchev–Trinajstić information content (AvgIpc) is 3.06. The van der Waals surface area contributed by atoms with E-state index in [9.17, 15) is 0 Å². The number of nitrogen functional groups attached to an aromatic ring is 1. The SMILES string of the molecule is CCOC(C)c1nc(N)c(Br)c(C2CC2)n1. The predicted octanol–water partition coefficient (Wildman–Crippen LogP) is 2.80. The molecule has 88 valence electrons. The first-order chi connectivity index (χ1) is 7.63. The van der Waals surface area contributed by atoms with Gasteiger partial charge in [0.25, 0.3) is 0 Å². The van der Waals surface area contributed by atoms with Gasteiger partial charge in [0.15, 0.2) is 5.82 Å². The zero-order valence-electron chi connectivity index (χ0n) is 9.53. The van der Waals surface area contributed by atoms with Gasteiger partial charge in [0.2, 0.25) is 0 Å². The Hall–Kier alpha value is -0.680. The summed E-state index contributed by atoms with van der Waals surface area (Å²) in [6.07, 6.45) is 2.28. The van der Waals surface area contributed by atoms with Gasteiger partial charge in [-0.2, -0.15) is 0 Å². The lowest BCUT2D eigenvalue weighted by atomic mass is 10.2. The van der Waals surface area contributed by atoms with Gasteiger partial charge in [-0.1, -0.05) is 0 Å². The minimum atomic E-state index is -0.0992. The van der Waals surface area contributed by atoms with Crippen LogP contribution in [0.25, 0.3) is 0 Å². The van der Waals surface area contributed by atoms with Crippen molar-refractivity contribution >= 4 is 21.7 Å². The Labute approximate surface area is 104 Å². The maximum absolute atomic E-state index is 5.87. The molecule has 1 atom stereocenters. The Morgan fingerprint density at radius 1 is 1.50 bits per heavy atom. The number of nitrogens with two attached hydrogens (primary N) is 1. The molecule has 16 heavy (non-hydrogen) atoms. The van der Waals surface area contributed by atoms with Crippen LogP contribution in [0, 0.1) is 0 Å². The Balaban J connectivity index is 2.32. The number of hydrogen-bond acceptors (Lipinski definition) is 4. The van der Waals surface area contributed by atoms with Gasteiger partial charge in [0.1, 0.15) is 11.9 Å². The summed E-state index contributed by atoms with van der Waals surface area (Å²) in [6, 6.07) is 0. The van der Waals surface area contributed by atoms with Crippen molar-refractivity contribution in [1.82, 2.24) is 9.97 Å². The lowest BCUT2D eigenvalue weighted by molar-refractivity contribution is 0.0699. The van der Waals surface area contributed by atoms with Gasteiger partial charge in [-0.3, -0.25) is 0 Å². The number of nitrogens with zero attached hydrogens (tertiary/aromatic N) is 2. The molecule has 0 saturated heterocycles. The largest absolute Gasteiger partial charge is 0.383 e. The molecule has 0 amide bonds. The molecule has 1 unspecified atom stereocenters. The van der Waals surface area contributed by atoms with E-state index in [0.29, 0.717) is 24.2 Å². The number of anilines is 1. The van der Waals surface area contributed by atoms with E-state index in [-0.39, 0.29) is 6.10 Å². The van der Waals surface area contributed by atoms with E-state index in [1.807, 2.05) is 13.8 Å². The summed E-state index contributed by atoms with van der Waals surface area (Å²) in [5.74, 6) is 1.75. The highest BCUT2D eigenvalue weighted by Gasteiger charge is 2.29. The highest BCUT2D eigenvalue weighted by atomic mass is 79.9. The Kier molecular flexibility index (Phi) is 3.44. The van der Waals surface area contributed by atoms with Crippen molar-refractivity contribution in [2.24, 2.45) is 0 Å². The second-order valence-corrected chi connectivity index (χ2v) is 4.83. The summed E-state index contributed by atoms with van der Waals surface area (Å²) in [7, 11) is 0. The zero-order valence-corrected chi connectivity index (χ0v) is 11.1. The van der Waals surface area contributed by atoms with Crippen LogP contribution in [0.5, 0.6) is 0 Å². The molecule has 0 aromatic carbocycles. The molecule has 1 fully saturated rings. The summed E-state index contributed by atoms with van der Waals surface area (Å²) in [6.45, 7) is 4.56. The van der Waals surface area contributed by atoms with Crippen LogP contribution in [0.1, 0.15) is 50.2 Å². The van der Waals surface area contributed by atoms with Crippen LogP contribution in [-0.2, 0) is 4.74 Å². The molecule has 1 aromatic heterocycles. The van der Waals surface area contributed by atoms with Crippen LogP contribution in [0.2, 0.25) is 0 Å². The summed E-state index contributed by atoms with van der Waals surface area (Å²) in [5.41, 5.74) is 6.90. The van der Waals surface area contributed by atoms with Crippen molar-refractivity contribution in [2.45, 2.75) is 38.7 Å². The maximum Gasteiger partial charge on any atom is 0.159 e. The van der Waals surface area contributed by atoms with Gasteiger partial charge < -0.3 is 10.5 Å². The van der Waals surface area contributed by atoms with E-state index < -0.39 is 0 Å². The topological polar surface area (TPSA) is 61.0 Å². The highest BCUT2D eigenvalue weighted by molar-refractivity contribution is 9.10. The van der Waals surface area contributed by atoms with E-state index >= 15 is 0 Å². The Morgan fingerprint density at radius 3 is 2.75 bits per heavy atom. The number of ether oxygens (including phenoxy) is 1. The fraction of sp³-hybridized carbons (Fsp3) is 0.636. The molecule has 1 aliphatic carbocycles. The summed E-state index contributed by atoms with van der Waals surface area (Å²) >= 11 is 3.45. The minimum Gasteiger partial charge on any atom is -0.383 e. The van der Waals surface area contributed by atoms with Crippen LogP contribution >= 0.6 is 15.9 Å². The van der Waals surface area contributed by atoms with E-state index in [0.717, 1.165) is 10.2 Å². The van der Waals surface area contributed by atoms with Crippen molar-refractivity contribution in [2.75, 3.05) is 12.3 Å². The number of aromatic nitrogens is 2. The Morgan fingerprint density at radius 2 is 2.19 bits per heavy atom. The molecule has 0 bridgehead atoms. The normalized spacial score (nSPS) is 17.4. The van der Waals surface area contributed by atoms with Gasteiger partial charge in [0, 0.05) is 12.5 Å². The Bertz CT molecular complexity index is 393. The lowest BCUT2D eigenvalue weighted by Gasteiger charge is -2.13. The number of halogens is 1. The molecule has 5 heteroatoms. The summed E-state index contributed by atoms with van der Waals surface area (Å²) in [5, 5.41) is 0. The molecule has 0 aliphatic heterocycles. The third-order valence-electron chi connectivity index (χ3n) is 2.66. The molecule has 1 saturated carbocycles. The molecule has 0 spiro atoms. The molecule has 1 aromatic rings. The van der Waals surface area contributed by atoms with Gasteiger partial charge in [-0.05, 0) is 42.6 Å². The van der Waals surface area contributed by atoms with Crippen LogP contribution in [-0.4, -0.2) is 16.6 Å². The average molecular weight is 286 g/mol. The third kappa shape index (κ3) is 2.35. The number of rotatable bonds is 4. The van der Waals surface area contributed by atoms with E-state index in [2.05, 4.69) is 25.9 Å². The van der Waals surface area contributed by atoms with Gasteiger partial charge in [-0.25, -0.2) is 9.97 Å². The first-order valence-corrected chi connectivity index (χ1v) is 6.37. The van der Waals surface area contributed by atoms with Gasteiger partial charge in [-0.15, -0.1) is 0 Å². The van der Waals surface area contributed by atoms with E-state index in [1.165, 1.54) is 12.8 Å². The molecular weight excluding hydrogens is 270 g/mol. The fourth-order valence-electron chi connectivity index (χ4n) is 1.63. The van der Waals surface area contributed by atoms with Crippen LogP contribution in [0.15, 0.2) is 4.47 Å². The van der Waals surface area contributed by atoms with Crippen molar-refractivity contribution in [3.63, 3.8) is 0 Å². The molecule has 0 radical (unpaired) electrons. The highest BCUT2D eigenvalue weighted by Crippen LogP contribution is 2.43. The van der Waals surface area contributed by atoms with Crippen LogP contribution in [0.4, 0.5) is 5.82 Å².